The number of hydrogen-bond donors (Lipinski definition) is 0. The standard InChI is InChI=1S/C12H7BrCl2OS/c13-12-9(15)6-11(17-12)10(16)5-7-2-1-3-8(14)4-7/h1-4,6H,5H2. The molecule has 1 aromatic carbocycles. The number of carbonyl (C=O) groups excluding carboxylic acids is 1. The van der Waals surface area contributed by atoms with Crippen molar-refractivity contribution >= 4 is 56.3 Å². The Hall–Kier alpha value is -0.350. The van der Waals surface area contributed by atoms with Crippen molar-refractivity contribution in [1.29, 1.82) is 0 Å². The fraction of sp³-hybridized carbons (Fsp3) is 0.0833. The second-order valence-electron chi connectivity index (χ2n) is 3.46. The lowest BCUT2D eigenvalue weighted by atomic mass is 10.1. The highest BCUT2D eigenvalue weighted by Crippen LogP contribution is 2.32. The molecule has 0 saturated carbocycles. The number of halogens is 3. The van der Waals surface area contributed by atoms with Gasteiger partial charge in [0.25, 0.3) is 0 Å². The van der Waals surface area contributed by atoms with Gasteiger partial charge in [-0.15, -0.1) is 11.3 Å². The molecule has 17 heavy (non-hydrogen) atoms. The fourth-order valence-corrected chi connectivity index (χ4v) is 3.26. The molecule has 0 aliphatic heterocycles. The molecule has 0 unspecified atom stereocenters. The summed E-state index contributed by atoms with van der Waals surface area (Å²) in [4.78, 5) is 12.6. The molecule has 0 atom stereocenters. The van der Waals surface area contributed by atoms with Crippen LogP contribution in [0.15, 0.2) is 34.1 Å². The minimum atomic E-state index is 0.0462. The Morgan fingerprint density at radius 2 is 2.06 bits per heavy atom. The van der Waals surface area contributed by atoms with Gasteiger partial charge in [-0.05, 0) is 39.7 Å². The van der Waals surface area contributed by atoms with Crippen molar-refractivity contribution in [3.63, 3.8) is 0 Å². The zero-order valence-corrected chi connectivity index (χ0v) is 12.5. The van der Waals surface area contributed by atoms with Crippen LogP contribution in [-0.2, 0) is 6.42 Å². The monoisotopic (exact) mass is 348 g/mol. The van der Waals surface area contributed by atoms with Crippen LogP contribution in [0.1, 0.15) is 15.2 Å². The Morgan fingerprint density at radius 1 is 1.29 bits per heavy atom. The van der Waals surface area contributed by atoms with Crippen LogP contribution in [0, 0.1) is 0 Å². The molecule has 0 saturated heterocycles. The van der Waals surface area contributed by atoms with Gasteiger partial charge in [0.15, 0.2) is 5.78 Å². The normalized spacial score (nSPS) is 10.5. The summed E-state index contributed by atoms with van der Waals surface area (Å²) in [5.74, 6) is 0.0462. The molecule has 0 bridgehead atoms. The lowest BCUT2D eigenvalue weighted by Crippen LogP contribution is -2.00. The first-order valence-corrected chi connectivity index (χ1v) is 7.15. The van der Waals surface area contributed by atoms with Crippen LogP contribution in [0.25, 0.3) is 0 Å². The highest BCUT2D eigenvalue weighted by molar-refractivity contribution is 9.11. The summed E-state index contributed by atoms with van der Waals surface area (Å²) in [6.07, 6.45) is 0.337. The number of carbonyl (C=O) groups is 1. The van der Waals surface area contributed by atoms with E-state index in [1.54, 1.807) is 18.2 Å². The number of rotatable bonds is 3. The van der Waals surface area contributed by atoms with E-state index in [0.717, 1.165) is 9.35 Å². The molecule has 0 aliphatic carbocycles. The topological polar surface area (TPSA) is 17.1 Å². The smallest absolute Gasteiger partial charge is 0.177 e. The van der Waals surface area contributed by atoms with Crippen molar-refractivity contribution in [3.8, 4) is 0 Å². The Balaban J connectivity index is 2.17. The lowest BCUT2D eigenvalue weighted by molar-refractivity contribution is 0.0997. The molecule has 1 aromatic heterocycles. The SMILES string of the molecule is O=C(Cc1cccc(Cl)c1)c1cc(Cl)c(Br)s1. The Morgan fingerprint density at radius 3 is 2.65 bits per heavy atom. The van der Waals surface area contributed by atoms with E-state index in [4.69, 9.17) is 23.2 Å². The van der Waals surface area contributed by atoms with Crippen LogP contribution in [0.3, 0.4) is 0 Å². The molecule has 2 rings (SSSR count). The summed E-state index contributed by atoms with van der Waals surface area (Å²) >= 11 is 16.4. The predicted octanol–water partition coefficient (Wildman–Crippen LogP) is 5.24. The zero-order chi connectivity index (χ0) is 12.4. The molecule has 0 aliphatic rings. The average Bonchev–Trinajstić information content (AvgIpc) is 2.59. The van der Waals surface area contributed by atoms with Crippen LogP contribution in [-0.4, -0.2) is 5.78 Å². The van der Waals surface area contributed by atoms with Gasteiger partial charge in [-0.2, -0.15) is 0 Å². The number of ketones is 1. The Labute approximate surface area is 121 Å². The van der Waals surface area contributed by atoms with Gasteiger partial charge in [0.05, 0.1) is 13.7 Å². The van der Waals surface area contributed by atoms with Crippen LogP contribution in [0.2, 0.25) is 10.0 Å². The summed E-state index contributed by atoms with van der Waals surface area (Å²) in [5.41, 5.74) is 0.906. The summed E-state index contributed by atoms with van der Waals surface area (Å²) in [7, 11) is 0. The number of thiophene rings is 1. The third kappa shape index (κ3) is 3.32. The summed E-state index contributed by atoms with van der Waals surface area (Å²) in [6, 6.07) is 8.98. The Kier molecular flexibility index (Phi) is 4.26. The minimum absolute atomic E-state index is 0.0462. The van der Waals surface area contributed by atoms with E-state index in [9.17, 15) is 4.79 Å². The second kappa shape index (κ2) is 5.53. The molecular formula is C12H7BrCl2OS. The number of Topliss-reactive ketones (excluding diaryl/α,β-unsaturated/α-hetero) is 1. The molecule has 0 spiro atoms. The molecule has 1 heterocycles. The van der Waals surface area contributed by atoms with Crippen LogP contribution < -0.4 is 0 Å². The van der Waals surface area contributed by atoms with E-state index in [0.29, 0.717) is 21.3 Å². The first-order valence-electron chi connectivity index (χ1n) is 4.79. The maximum absolute atomic E-state index is 12.0. The molecular weight excluding hydrogens is 343 g/mol. The van der Waals surface area contributed by atoms with Crippen molar-refractivity contribution in [2.75, 3.05) is 0 Å². The van der Waals surface area contributed by atoms with Crippen LogP contribution in [0.5, 0.6) is 0 Å². The van der Waals surface area contributed by atoms with Gasteiger partial charge in [-0.1, -0.05) is 35.3 Å². The predicted molar refractivity (Wildman–Crippen MR) is 76.5 cm³/mol. The van der Waals surface area contributed by atoms with Gasteiger partial charge in [0.2, 0.25) is 0 Å². The Bertz CT molecular complexity index is 546. The maximum atomic E-state index is 12.0. The van der Waals surface area contributed by atoms with Crippen molar-refractivity contribution in [2.45, 2.75) is 6.42 Å². The molecule has 1 nitrogen and oxygen atoms in total. The molecule has 0 radical (unpaired) electrons. The lowest BCUT2D eigenvalue weighted by Gasteiger charge is -1.99. The zero-order valence-electron chi connectivity index (χ0n) is 8.54. The van der Waals surface area contributed by atoms with Crippen molar-refractivity contribution < 1.29 is 4.79 Å². The van der Waals surface area contributed by atoms with E-state index in [1.165, 1.54) is 11.3 Å². The highest BCUT2D eigenvalue weighted by Gasteiger charge is 2.12. The largest absolute Gasteiger partial charge is 0.293 e. The van der Waals surface area contributed by atoms with Gasteiger partial charge < -0.3 is 0 Å². The van der Waals surface area contributed by atoms with E-state index >= 15 is 0 Å². The van der Waals surface area contributed by atoms with E-state index in [-0.39, 0.29) is 5.78 Å². The first kappa shape index (κ1) is 13.1. The summed E-state index contributed by atoms with van der Waals surface area (Å²) < 4.78 is 0.786. The average molecular weight is 350 g/mol. The van der Waals surface area contributed by atoms with E-state index in [1.807, 2.05) is 12.1 Å². The van der Waals surface area contributed by atoms with Crippen molar-refractivity contribution in [2.24, 2.45) is 0 Å². The van der Waals surface area contributed by atoms with Crippen LogP contribution >= 0.6 is 50.5 Å². The summed E-state index contributed by atoms with van der Waals surface area (Å²) in [6.45, 7) is 0. The minimum Gasteiger partial charge on any atom is -0.293 e. The fourth-order valence-electron chi connectivity index (χ4n) is 1.40. The van der Waals surface area contributed by atoms with Gasteiger partial charge in [0.1, 0.15) is 0 Å². The first-order chi connectivity index (χ1) is 8.06. The van der Waals surface area contributed by atoms with Gasteiger partial charge in [-0.3, -0.25) is 4.79 Å². The number of hydrogen-bond acceptors (Lipinski definition) is 2. The molecule has 2 aromatic rings. The van der Waals surface area contributed by atoms with Crippen LogP contribution in [0.4, 0.5) is 0 Å². The molecule has 0 fully saturated rings. The maximum Gasteiger partial charge on any atom is 0.177 e. The van der Waals surface area contributed by atoms with Gasteiger partial charge in [0, 0.05) is 11.4 Å². The van der Waals surface area contributed by atoms with E-state index < -0.39 is 0 Å². The number of benzene rings is 1. The third-order valence-corrected chi connectivity index (χ3v) is 4.92. The molecule has 5 heteroatoms. The van der Waals surface area contributed by atoms with Gasteiger partial charge in [-0.25, -0.2) is 0 Å². The molecule has 88 valence electrons. The molecule has 0 N–H and O–H groups in total. The summed E-state index contributed by atoms with van der Waals surface area (Å²) in [5, 5.41) is 1.21. The highest BCUT2D eigenvalue weighted by atomic mass is 79.9. The van der Waals surface area contributed by atoms with E-state index in [2.05, 4.69) is 15.9 Å². The van der Waals surface area contributed by atoms with Crippen molar-refractivity contribution in [3.05, 3.63) is 54.6 Å². The quantitative estimate of drug-likeness (QED) is 0.692. The third-order valence-electron chi connectivity index (χ3n) is 2.17. The van der Waals surface area contributed by atoms with Gasteiger partial charge >= 0.3 is 0 Å². The van der Waals surface area contributed by atoms with Crippen molar-refractivity contribution in [1.82, 2.24) is 0 Å². The molecule has 0 amide bonds. The second-order valence-corrected chi connectivity index (χ2v) is 6.68.